The van der Waals surface area contributed by atoms with E-state index in [-0.39, 0.29) is 5.91 Å². The second-order valence-electron chi connectivity index (χ2n) is 5.53. The Morgan fingerprint density at radius 2 is 1.81 bits per heavy atom. The molecule has 112 valence electrons. The van der Waals surface area contributed by atoms with Gasteiger partial charge in [0.25, 0.3) is 5.91 Å². The van der Waals surface area contributed by atoms with E-state index in [9.17, 15) is 4.79 Å². The number of hydrazone groups is 1. The summed E-state index contributed by atoms with van der Waals surface area (Å²) in [5, 5.41) is 5.68. The summed E-state index contributed by atoms with van der Waals surface area (Å²) in [5.41, 5.74) is 3.61. The zero-order valence-electron chi connectivity index (χ0n) is 12.6. The molecule has 0 spiro atoms. The molecule has 0 fully saturated rings. The minimum atomic E-state index is -0.250. The minimum Gasteiger partial charge on any atom is -0.266 e. The van der Waals surface area contributed by atoms with Crippen molar-refractivity contribution in [1.82, 2.24) is 5.43 Å². The molecule has 0 unspecified atom stereocenters. The van der Waals surface area contributed by atoms with E-state index in [1.807, 2.05) is 24.3 Å². The van der Waals surface area contributed by atoms with Crippen molar-refractivity contribution in [2.45, 2.75) is 27.7 Å². The fourth-order valence-corrected chi connectivity index (χ4v) is 3.66. The topological polar surface area (TPSA) is 41.5 Å². The van der Waals surface area contributed by atoms with E-state index in [1.165, 1.54) is 11.3 Å². The Morgan fingerprint density at radius 3 is 2.38 bits per heavy atom. The van der Waals surface area contributed by atoms with Crippen LogP contribution in [-0.4, -0.2) is 11.6 Å². The van der Waals surface area contributed by atoms with Gasteiger partial charge in [-0.05, 0) is 17.9 Å². The molecule has 2 rings (SSSR count). The van der Waals surface area contributed by atoms with Crippen LogP contribution in [0.1, 0.15) is 37.4 Å². The number of nitrogens with zero attached hydrogens (tertiary/aromatic N) is 1. The number of fused-ring (bicyclic) bond motifs is 1. The lowest BCUT2D eigenvalue weighted by Crippen LogP contribution is -2.24. The molecule has 0 aliphatic heterocycles. The van der Waals surface area contributed by atoms with E-state index in [4.69, 9.17) is 11.6 Å². The average molecular weight is 323 g/mol. The Morgan fingerprint density at radius 1 is 1.19 bits per heavy atom. The fraction of sp³-hybridized carbons (Fsp3) is 0.375. The summed E-state index contributed by atoms with van der Waals surface area (Å²) in [7, 11) is 0. The molecule has 0 saturated carbocycles. The summed E-state index contributed by atoms with van der Waals surface area (Å²) in [6.45, 7) is 8.27. The van der Waals surface area contributed by atoms with Gasteiger partial charge in [0.15, 0.2) is 0 Å². The monoisotopic (exact) mass is 322 g/mol. The Hall–Kier alpha value is -1.39. The van der Waals surface area contributed by atoms with Crippen LogP contribution in [-0.2, 0) is 0 Å². The van der Waals surface area contributed by atoms with Crippen LogP contribution in [0.2, 0.25) is 5.02 Å². The van der Waals surface area contributed by atoms with E-state index >= 15 is 0 Å². The number of halogens is 1. The highest BCUT2D eigenvalue weighted by Crippen LogP contribution is 2.34. The van der Waals surface area contributed by atoms with Crippen LogP contribution >= 0.6 is 22.9 Å². The second-order valence-corrected chi connectivity index (χ2v) is 6.96. The summed E-state index contributed by atoms with van der Waals surface area (Å²) in [6.07, 6.45) is 0. The maximum absolute atomic E-state index is 12.3. The molecule has 3 nitrogen and oxygen atoms in total. The first kappa shape index (κ1) is 16.0. The van der Waals surface area contributed by atoms with Gasteiger partial charge in [0.05, 0.1) is 5.02 Å². The van der Waals surface area contributed by atoms with Crippen molar-refractivity contribution >= 4 is 44.6 Å². The SMILES string of the molecule is CC(C)C(=NNC(=O)c1sc2ccccc2c1Cl)C(C)C. The Bertz CT molecular complexity index is 679. The summed E-state index contributed by atoms with van der Waals surface area (Å²) in [4.78, 5) is 12.8. The van der Waals surface area contributed by atoms with Crippen molar-refractivity contribution in [2.75, 3.05) is 0 Å². The predicted molar refractivity (Wildman–Crippen MR) is 91.4 cm³/mol. The van der Waals surface area contributed by atoms with E-state index in [2.05, 4.69) is 38.2 Å². The largest absolute Gasteiger partial charge is 0.283 e. The lowest BCUT2D eigenvalue weighted by Gasteiger charge is -2.13. The highest BCUT2D eigenvalue weighted by molar-refractivity contribution is 7.21. The Labute approximate surface area is 134 Å². The lowest BCUT2D eigenvalue weighted by molar-refractivity contribution is 0.0958. The molecule has 1 N–H and O–H groups in total. The first-order chi connectivity index (χ1) is 9.91. The van der Waals surface area contributed by atoms with Crippen molar-refractivity contribution in [2.24, 2.45) is 16.9 Å². The van der Waals surface area contributed by atoms with Crippen LogP contribution in [0.3, 0.4) is 0 Å². The number of hydrogen-bond donors (Lipinski definition) is 1. The molecule has 2 aromatic rings. The van der Waals surface area contributed by atoms with Crippen LogP contribution in [0.4, 0.5) is 0 Å². The predicted octanol–water partition coefficient (Wildman–Crippen LogP) is 4.95. The second kappa shape index (κ2) is 6.58. The molecule has 0 radical (unpaired) electrons. The molecule has 1 amide bonds. The number of hydrogen-bond acceptors (Lipinski definition) is 3. The van der Waals surface area contributed by atoms with E-state index < -0.39 is 0 Å². The summed E-state index contributed by atoms with van der Waals surface area (Å²) < 4.78 is 1.00. The number of benzene rings is 1. The maximum Gasteiger partial charge on any atom is 0.283 e. The van der Waals surface area contributed by atoms with Gasteiger partial charge in [0.2, 0.25) is 0 Å². The number of carbonyl (C=O) groups is 1. The van der Waals surface area contributed by atoms with Crippen molar-refractivity contribution in [3.63, 3.8) is 0 Å². The third kappa shape index (κ3) is 3.44. The lowest BCUT2D eigenvalue weighted by atomic mass is 9.98. The highest BCUT2D eigenvalue weighted by Gasteiger charge is 2.17. The zero-order valence-corrected chi connectivity index (χ0v) is 14.2. The normalized spacial score (nSPS) is 11.2. The molecule has 0 aliphatic carbocycles. The summed E-state index contributed by atoms with van der Waals surface area (Å²) in [6, 6.07) is 7.72. The third-order valence-electron chi connectivity index (χ3n) is 3.21. The molecule has 21 heavy (non-hydrogen) atoms. The Kier molecular flexibility index (Phi) is 5.01. The van der Waals surface area contributed by atoms with Crippen LogP contribution < -0.4 is 5.43 Å². The third-order valence-corrected chi connectivity index (χ3v) is 4.88. The molecule has 1 aromatic carbocycles. The van der Waals surface area contributed by atoms with Gasteiger partial charge in [-0.2, -0.15) is 5.10 Å². The fourth-order valence-electron chi connectivity index (χ4n) is 2.25. The number of amides is 1. The standard InChI is InChI=1S/C16H19ClN2OS/c1-9(2)14(10(3)4)18-19-16(20)15-13(17)11-7-5-6-8-12(11)21-15/h5-10H,1-4H3,(H,19,20). The van der Waals surface area contributed by atoms with Crippen molar-refractivity contribution in [3.8, 4) is 0 Å². The minimum absolute atomic E-state index is 0.250. The first-order valence-corrected chi connectivity index (χ1v) is 8.16. The van der Waals surface area contributed by atoms with Crippen molar-refractivity contribution in [3.05, 3.63) is 34.2 Å². The van der Waals surface area contributed by atoms with E-state index in [1.54, 1.807) is 0 Å². The van der Waals surface area contributed by atoms with Gasteiger partial charge >= 0.3 is 0 Å². The molecule has 0 aliphatic rings. The average Bonchev–Trinajstić information content (AvgIpc) is 2.76. The van der Waals surface area contributed by atoms with Crippen LogP contribution in [0.25, 0.3) is 10.1 Å². The van der Waals surface area contributed by atoms with Gasteiger partial charge in [0, 0.05) is 15.8 Å². The number of nitrogens with one attached hydrogen (secondary N) is 1. The Balaban J connectivity index is 2.27. The zero-order chi connectivity index (χ0) is 15.6. The van der Waals surface area contributed by atoms with Gasteiger partial charge in [-0.1, -0.05) is 57.5 Å². The molecular weight excluding hydrogens is 304 g/mol. The molecule has 0 atom stereocenters. The van der Waals surface area contributed by atoms with Gasteiger partial charge in [-0.3, -0.25) is 4.79 Å². The van der Waals surface area contributed by atoms with Gasteiger partial charge < -0.3 is 0 Å². The van der Waals surface area contributed by atoms with Crippen LogP contribution in [0, 0.1) is 11.8 Å². The van der Waals surface area contributed by atoms with Gasteiger partial charge in [-0.15, -0.1) is 11.3 Å². The first-order valence-electron chi connectivity index (χ1n) is 6.96. The van der Waals surface area contributed by atoms with Gasteiger partial charge in [0.1, 0.15) is 4.88 Å². The molecule has 0 saturated heterocycles. The quantitative estimate of drug-likeness (QED) is 0.628. The number of carbonyl (C=O) groups excluding carboxylic acids is 1. The summed E-state index contributed by atoms with van der Waals surface area (Å²) >= 11 is 7.68. The van der Waals surface area contributed by atoms with Crippen LogP contribution in [0.15, 0.2) is 29.4 Å². The van der Waals surface area contributed by atoms with E-state index in [0.717, 1.165) is 15.8 Å². The van der Waals surface area contributed by atoms with Crippen LogP contribution in [0.5, 0.6) is 0 Å². The smallest absolute Gasteiger partial charge is 0.266 e. The molecule has 1 heterocycles. The van der Waals surface area contributed by atoms with Crippen molar-refractivity contribution in [1.29, 1.82) is 0 Å². The molecule has 5 heteroatoms. The van der Waals surface area contributed by atoms with Crippen molar-refractivity contribution < 1.29 is 4.79 Å². The number of thiophene rings is 1. The van der Waals surface area contributed by atoms with E-state index in [0.29, 0.717) is 21.7 Å². The number of rotatable bonds is 4. The summed E-state index contributed by atoms with van der Waals surface area (Å²) in [5.74, 6) is 0.339. The molecular formula is C16H19ClN2OS. The molecule has 0 bridgehead atoms. The highest BCUT2D eigenvalue weighted by atomic mass is 35.5. The van der Waals surface area contributed by atoms with Gasteiger partial charge in [-0.25, -0.2) is 5.43 Å². The molecule has 1 aromatic heterocycles. The maximum atomic E-state index is 12.3.